The van der Waals surface area contributed by atoms with Crippen LogP contribution < -0.4 is 16.0 Å². The maximum atomic E-state index is 12.9. The standard InChI is InChI=1S/C16H17FN4O2/c1-11(22)20-13-7-5-12(6-8-13)16(23)19-10-9-18-15-4-2-3-14(17)21-15/h2-8H,9-10H2,1H3,(H,18,21)(H,19,23)(H,20,22). The predicted molar refractivity (Wildman–Crippen MR) is 85.8 cm³/mol. The Hall–Kier alpha value is -2.96. The first-order valence-electron chi connectivity index (χ1n) is 7.07. The highest BCUT2D eigenvalue weighted by Crippen LogP contribution is 2.09. The third kappa shape index (κ3) is 5.39. The van der Waals surface area contributed by atoms with Gasteiger partial charge in [0.25, 0.3) is 5.91 Å². The number of aromatic nitrogens is 1. The van der Waals surface area contributed by atoms with Gasteiger partial charge in [-0.2, -0.15) is 4.39 Å². The van der Waals surface area contributed by atoms with Crippen LogP contribution in [0, 0.1) is 5.95 Å². The summed E-state index contributed by atoms with van der Waals surface area (Å²) >= 11 is 0. The topological polar surface area (TPSA) is 83.1 Å². The zero-order valence-electron chi connectivity index (χ0n) is 12.6. The number of halogens is 1. The van der Waals surface area contributed by atoms with Crippen molar-refractivity contribution in [2.45, 2.75) is 6.92 Å². The number of carbonyl (C=O) groups is 2. The zero-order valence-corrected chi connectivity index (χ0v) is 12.6. The number of benzene rings is 1. The molecule has 7 heteroatoms. The summed E-state index contributed by atoms with van der Waals surface area (Å²) in [6, 6.07) is 11.0. The van der Waals surface area contributed by atoms with Crippen LogP contribution in [0.15, 0.2) is 42.5 Å². The second-order valence-corrected chi connectivity index (χ2v) is 4.79. The fourth-order valence-corrected chi connectivity index (χ4v) is 1.88. The molecule has 2 aromatic rings. The summed E-state index contributed by atoms with van der Waals surface area (Å²) in [6.07, 6.45) is 0. The van der Waals surface area contributed by atoms with E-state index in [2.05, 4.69) is 20.9 Å². The molecule has 0 spiro atoms. The number of hydrogen-bond donors (Lipinski definition) is 3. The summed E-state index contributed by atoms with van der Waals surface area (Å²) in [5.74, 6) is -0.537. The highest BCUT2D eigenvalue weighted by Gasteiger charge is 2.05. The van der Waals surface area contributed by atoms with E-state index >= 15 is 0 Å². The summed E-state index contributed by atoms with van der Waals surface area (Å²) in [5.41, 5.74) is 1.12. The number of hydrogen-bond acceptors (Lipinski definition) is 4. The van der Waals surface area contributed by atoms with Gasteiger partial charge in [0.1, 0.15) is 5.82 Å². The van der Waals surface area contributed by atoms with Crippen molar-refractivity contribution in [2.75, 3.05) is 23.7 Å². The molecule has 2 rings (SSSR count). The van der Waals surface area contributed by atoms with Crippen LogP contribution >= 0.6 is 0 Å². The van der Waals surface area contributed by atoms with E-state index in [4.69, 9.17) is 0 Å². The van der Waals surface area contributed by atoms with Crippen molar-refractivity contribution in [2.24, 2.45) is 0 Å². The van der Waals surface area contributed by atoms with E-state index < -0.39 is 5.95 Å². The number of carbonyl (C=O) groups excluding carboxylic acids is 2. The van der Waals surface area contributed by atoms with Gasteiger partial charge < -0.3 is 16.0 Å². The van der Waals surface area contributed by atoms with E-state index in [1.807, 2.05) is 0 Å². The molecular weight excluding hydrogens is 299 g/mol. The molecule has 6 nitrogen and oxygen atoms in total. The van der Waals surface area contributed by atoms with Crippen molar-refractivity contribution >= 4 is 23.3 Å². The van der Waals surface area contributed by atoms with Crippen LogP contribution in [0.5, 0.6) is 0 Å². The lowest BCUT2D eigenvalue weighted by atomic mass is 10.2. The van der Waals surface area contributed by atoms with E-state index in [-0.39, 0.29) is 11.8 Å². The molecule has 0 atom stereocenters. The maximum absolute atomic E-state index is 12.9. The van der Waals surface area contributed by atoms with Gasteiger partial charge >= 0.3 is 0 Å². The molecule has 3 N–H and O–H groups in total. The minimum atomic E-state index is -0.557. The number of anilines is 2. The molecule has 1 heterocycles. The molecule has 1 aromatic heterocycles. The van der Waals surface area contributed by atoms with E-state index in [0.717, 1.165) is 0 Å². The highest BCUT2D eigenvalue weighted by atomic mass is 19.1. The number of nitrogens with one attached hydrogen (secondary N) is 3. The van der Waals surface area contributed by atoms with Gasteiger partial charge in [-0.05, 0) is 36.4 Å². The molecule has 0 fully saturated rings. The van der Waals surface area contributed by atoms with Gasteiger partial charge in [0.15, 0.2) is 0 Å². The van der Waals surface area contributed by atoms with Crippen molar-refractivity contribution < 1.29 is 14.0 Å². The van der Waals surface area contributed by atoms with Gasteiger partial charge in [-0.25, -0.2) is 4.98 Å². The predicted octanol–water partition coefficient (Wildman–Crippen LogP) is 2.02. The molecule has 0 saturated carbocycles. The molecule has 1 aromatic carbocycles. The lowest BCUT2D eigenvalue weighted by Gasteiger charge is -2.08. The highest BCUT2D eigenvalue weighted by molar-refractivity contribution is 5.95. The van der Waals surface area contributed by atoms with Crippen LogP contribution in [0.4, 0.5) is 15.9 Å². The van der Waals surface area contributed by atoms with E-state index in [1.165, 1.54) is 13.0 Å². The van der Waals surface area contributed by atoms with Crippen molar-refractivity contribution in [1.29, 1.82) is 0 Å². The normalized spacial score (nSPS) is 10.0. The third-order valence-electron chi connectivity index (χ3n) is 2.90. The van der Waals surface area contributed by atoms with Crippen molar-refractivity contribution in [3.8, 4) is 0 Å². The number of nitrogens with zero attached hydrogens (tertiary/aromatic N) is 1. The fourth-order valence-electron chi connectivity index (χ4n) is 1.88. The van der Waals surface area contributed by atoms with Crippen LogP contribution in [-0.2, 0) is 4.79 Å². The van der Waals surface area contributed by atoms with E-state index in [1.54, 1.807) is 36.4 Å². The average molecular weight is 316 g/mol. The Balaban J connectivity index is 1.77. The van der Waals surface area contributed by atoms with Gasteiger partial charge in [-0.15, -0.1) is 0 Å². The first kappa shape index (κ1) is 16.4. The molecule has 0 unspecified atom stereocenters. The summed E-state index contributed by atoms with van der Waals surface area (Å²) in [7, 11) is 0. The van der Waals surface area contributed by atoms with E-state index in [9.17, 15) is 14.0 Å². The van der Waals surface area contributed by atoms with Crippen LogP contribution in [0.2, 0.25) is 0 Å². The van der Waals surface area contributed by atoms with Gasteiger partial charge in [-0.1, -0.05) is 6.07 Å². The molecule has 23 heavy (non-hydrogen) atoms. The molecule has 0 radical (unpaired) electrons. The molecular formula is C16H17FN4O2. The first-order chi connectivity index (χ1) is 11.0. The zero-order chi connectivity index (χ0) is 16.7. The van der Waals surface area contributed by atoms with Crippen molar-refractivity contribution in [3.05, 3.63) is 54.0 Å². The molecule has 2 amide bonds. The second kappa shape index (κ2) is 7.88. The fraction of sp³-hybridized carbons (Fsp3) is 0.188. The minimum Gasteiger partial charge on any atom is -0.368 e. The smallest absolute Gasteiger partial charge is 0.251 e. The quantitative estimate of drug-likeness (QED) is 0.562. The molecule has 0 saturated heterocycles. The van der Waals surface area contributed by atoms with Gasteiger partial charge in [0, 0.05) is 31.3 Å². The molecule has 120 valence electrons. The van der Waals surface area contributed by atoms with Crippen LogP contribution in [0.25, 0.3) is 0 Å². The van der Waals surface area contributed by atoms with Gasteiger partial charge in [-0.3, -0.25) is 9.59 Å². The average Bonchev–Trinajstić information content (AvgIpc) is 2.51. The molecule has 0 aliphatic rings. The summed E-state index contributed by atoms with van der Waals surface area (Å²) < 4.78 is 12.9. The molecule has 0 aliphatic carbocycles. The van der Waals surface area contributed by atoms with Gasteiger partial charge in [0.2, 0.25) is 11.9 Å². The van der Waals surface area contributed by atoms with Crippen LogP contribution in [0.3, 0.4) is 0 Å². The van der Waals surface area contributed by atoms with Crippen molar-refractivity contribution in [3.63, 3.8) is 0 Å². The number of pyridine rings is 1. The Kier molecular flexibility index (Phi) is 5.62. The molecule has 0 bridgehead atoms. The Morgan fingerprint density at radius 3 is 2.48 bits per heavy atom. The van der Waals surface area contributed by atoms with Crippen LogP contribution in [-0.4, -0.2) is 29.9 Å². The summed E-state index contributed by atoms with van der Waals surface area (Å²) in [6.45, 7) is 2.21. The summed E-state index contributed by atoms with van der Waals surface area (Å²) in [5, 5.41) is 8.27. The lowest BCUT2D eigenvalue weighted by Crippen LogP contribution is -2.28. The first-order valence-corrected chi connectivity index (χ1v) is 7.07. The monoisotopic (exact) mass is 316 g/mol. The Labute approximate surface area is 133 Å². The van der Waals surface area contributed by atoms with Crippen molar-refractivity contribution in [1.82, 2.24) is 10.3 Å². The number of amides is 2. The minimum absolute atomic E-state index is 0.167. The third-order valence-corrected chi connectivity index (χ3v) is 2.90. The second-order valence-electron chi connectivity index (χ2n) is 4.79. The Bertz CT molecular complexity index is 689. The lowest BCUT2D eigenvalue weighted by molar-refractivity contribution is -0.114. The summed E-state index contributed by atoms with van der Waals surface area (Å²) in [4.78, 5) is 26.5. The van der Waals surface area contributed by atoms with Crippen LogP contribution in [0.1, 0.15) is 17.3 Å². The maximum Gasteiger partial charge on any atom is 0.251 e. The van der Waals surface area contributed by atoms with Gasteiger partial charge in [0.05, 0.1) is 0 Å². The SMILES string of the molecule is CC(=O)Nc1ccc(C(=O)NCCNc2cccc(F)n2)cc1. The Morgan fingerprint density at radius 2 is 1.83 bits per heavy atom. The Morgan fingerprint density at radius 1 is 1.09 bits per heavy atom. The molecule has 0 aliphatic heterocycles. The van der Waals surface area contributed by atoms with E-state index in [0.29, 0.717) is 30.2 Å². The number of rotatable bonds is 6. The largest absolute Gasteiger partial charge is 0.368 e.